The van der Waals surface area contributed by atoms with E-state index in [2.05, 4.69) is 10.3 Å². The predicted molar refractivity (Wildman–Crippen MR) is 90.9 cm³/mol. The van der Waals surface area contributed by atoms with Crippen LogP contribution in [0.5, 0.6) is 0 Å². The van der Waals surface area contributed by atoms with Gasteiger partial charge in [-0.05, 0) is 24.1 Å². The molecular weight excluding hydrogens is 304 g/mol. The summed E-state index contributed by atoms with van der Waals surface area (Å²) in [6.45, 7) is 2.76. The van der Waals surface area contributed by atoms with Crippen molar-refractivity contribution in [3.8, 4) is 0 Å². The number of nitrogens with zero attached hydrogens (tertiary/aromatic N) is 1. The van der Waals surface area contributed by atoms with E-state index in [0.717, 1.165) is 5.56 Å². The molecule has 1 unspecified atom stereocenters. The number of fused-ring (bicyclic) bond motifs is 1. The van der Waals surface area contributed by atoms with Gasteiger partial charge in [0.25, 0.3) is 0 Å². The van der Waals surface area contributed by atoms with Crippen LogP contribution in [0.4, 0.5) is 5.69 Å². The number of carbonyl (C=O) groups excluding carboxylic acids is 1. The number of hydrogen-bond acceptors (Lipinski definition) is 4. The summed E-state index contributed by atoms with van der Waals surface area (Å²) < 4.78 is 11.1. The number of aryl methyl sites for hydroxylation is 1. The molecule has 1 N–H and O–H groups in total. The SMILES string of the molecule is Cc1nc2c(NC(=O)C3(c4ccccc4)CCOC3)cccc2o1. The number of aromatic nitrogens is 1. The minimum atomic E-state index is -0.664. The molecule has 1 atom stereocenters. The van der Waals surface area contributed by atoms with Gasteiger partial charge in [0.2, 0.25) is 5.91 Å². The Hall–Kier alpha value is -2.66. The summed E-state index contributed by atoms with van der Waals surface area (Å²) in [4.78, 5) is 17.5. The lowest BCUT2D eigenvalue weighted by Gasteiger charge is -2.26. The lowest BCUT2D eigenvalue weighted by molar-refractivity contribution is -0.121. The summed E-state index contributed by atoms with van der Waals surface area (Å²) in [5.74, 6) is 0.507. The van der Waals surface area contributed by atoms with Crippen LogP contribution in [0.3, 0.4) is 0 Å². The van der Waals surface area contributed by atoms with E-state index in [1.165, 1.54) is 0 Å². The van der Waals surface area contributed by atoms with Crippen LogP contribution in [0.1, 0.15) is 17.9 Å². The molecule has 1 aliphatic heterocycles. The predicted octanol–water partition coefficient (Wildman–Crippen LogP) is 3.43. The minimum absolute atomic E-state index is 0.0700. The van der Waals surface area contributed by atoms with Gasteiger partial charge in [-0.1, -0.05) is 36.4 Å². The Balaban J connectivity index is 1.71. The zero-order valence-electron chi connectivity index (χ0n) is 13.4. The number of anilines is 1. The van der Waals surface area contributed by atoms with Crippen molar-refractivity contribution in [1.29, 1.82) is 0 Å². The number of hydrogen-bond donors (Lipinski definition) is 1. The third-order valence-electron chi connectivity index (χ3n) is 4.56. The van der Waals surface area contributed by atoms with Crippen molar-refractivity contribution in [3.05, 3.63) is 60.0 Å². The quantitative estimate of drug-likeness (QED) is 0.802. The Morgan fingerprint density at radius 3 is 2.75 bits per heavy atom. The van der Waals surface area contributed by atoms with Crippen molar-refractivity contribution in [2.24, 2.45) is 0 Å². The van der Waals surface area contributed by atoms with E-state index in [9.17, 15) is 4.79 Å². The average molecular weight is 322 g/mol. The molecule has 1 aromatic heterocycles. The number of rotatable bonds is 3. The molecular formula is C19H18N2O3. The number of carbonyl (C=O) groups is 1. The molecule has 2 heterocycles. The molecule has 2 aromatic carbocycles. The van der Waals surface area contributed by atoms with Gasteiger partial charge in [-0.2, -0.15) is 0 Å². The first kappa shape index (κ1) is 14.9. The van der Waals surface area contributed by atoms with Gasteiger partial charge < -0.3 is 14.5 Å². The monoisotopic (exact) mass is 322 g/mol. The van der Waals surface area contributed by atoms with E-state index < -0.39 is 5.41 Å². The minimum Gasteiger partial charge on any atom is -0.441 e. The zero-order valence-corrected chi connectivity index (χ0v) is 13.4. The van der Waals surface area contributed by atoms with Gasteiger partial charge in [0.15, 0.2) is 11.5 Å². The zero-order chi connectivity index (χ0) is 16.6. The van der Waals surface area contributed by atoms with Crippen LogP contribution in [-0.4, -0.2) is 24.1 Å². The number of oxazole rings is 1. The fraction of sp³-hybridized carbons (Fsp3) is 0.263. The van der Waals surface area contributed by atoms with Crippen LogP contribution in [0.15, 0.2) is 52.9 Å². The Kier molecular flexibility index (Phi) is 3.58. The maximum Gasteiger partial charge on any atom is 0.237 e. The Morgan fingerprint density at radius 2 is 2.00 bits per heavy atom. The standard InChI is InChI=1S/C19H18N2O3/c1-13-20-17-15(8-5-9-16(17)24-13)21-18(22)19(10-11-23-12-19)14-6-3-2-4-7-14/h2-9H,10-12H2,1H3,(H,21,22). The Bertz CT molecular complexity index is 880. The fourth-order valence-corrected chi connectivity index (χ4v) is 3.26. The number of ether oxygens (including phenoxy) is 1. The van der Waals surface area contributed by atoms with Crippen LogP contribution in [0.2, 0.25) is 0 Å². The van der Waals surface area contributed by atoms with Gasteiger partial charge in [0.05, 0.1) is 17.7 Å². The van der Waals surface area contributed by atoms with E-state index in [1.807, 2.05) is 48.5 Å². The van der Waals surface area contributed by atoms with Crippen molar-refractivity contribution >= 4 is 22.7 Å². The molecule has 0 radical (unpaired) electrons. The molecule has 1 amide bonds. The van der Waals surface area contributed by atoms with Crippen molar-refractivity contribution in [2.75, 3.05) is 18.5 Å². The Morgan fingerprint density at radius 1 is 1.17 bits per heavy atom. The number of para-hydroxylation sites is 1. The second kappa shape index (κ2) is 5.76. The first-order valence-electron chi connectivity index (χ1n) is 8.00. The van der Waals surface area contributed by atoms with Gasteiger partial charge in [0.1, 0.15) is 5.52 Å². The maximum atomic E-state index is 13.1. The van der Waals surface area contributed by atoms with Crippen molar-refractivity contribution < 1.29 is 13.9 Å². The molecule has 122 valence electrons. The lowest BCUT2D eigenvalue weighted by Crippen LogP contribution is -2.41. The lowest BCUT2D eigenvalue weighted by atomic mass is 9.79. The van der Waals surface area contributed by atoms with Crippen LogP contribution < -0.4 is 5.32 Å². The van der Waals surface area contributed by atoms with E-state index in [0.29, 0.717) is 42.3 Å². The molecule has 1 saturated heterocycles. The van der Waals surface area contributed by atoms with Crippen molar-refractivity contribution in [2.45, 2.75) is 18.8 Å². The second-order valence-corrected chi connectivity index (χ2v) is 6.09. The van der Waals surface area contributed by atoms with Crippen LogP contribution in [-0.2, 0) is 14.9 Å². The van der Waals surface area contributed by atoms with E-state index in [4.69, 9.17) is 9.15 Å². The van der Waals surface area contributed by atoms with Crippen LogP contribution >= 0.6 is 0 Å². The molecule has 0 spiro atoms. The molecule has 1 aliphatic rings. The molecule has 4 rings (SSSR count). The molecule has 0 saturated carbocycles. The molecule has 0 aliphatic carbocycles. The van der Waals surface area contributed by atoms with E-state index >= 15 is 0 Å². The second-order valence-electron chi connectivity index (χ2n) is 6.09. The number of nitrogens with one attached hydrogen (secondary N) is 1. The average Bonchev–Trinajstić information content (AvgIpc) is 3.23. The van der Waals surface area contributed by atoms with E-state index in [1.54, 1.807) is 6.92 Å². The molecule has 5 nitrogen and oxygen atoms in total. The summed E-state index contributed by atoms with van der Waals surface area (Å²) in [5.41, 5.74) is 2.31. The topological polar surface area (TPSA) is 64.4 Å². The third-order valence-corrected chi connectivity index (χ3v) is 4.56. The third kappa shape index (κ3) is 2.37. The van der Waals surface area contributed by atoms with Crippen molar-refractivity contribution in [3.63, 3.8) is 0 Å². The van der Waals surface area contributed by atoms with Gasteiger partial charge in [0, 0.05) is 13.5 Å². The summed E-state index contributed by atoms with van der Waals surface area (Å²) in [5, 5.41) is 3.04. The van der Waals surface area contributed by atoms with Gasteiger partial charge in [-0.15, -0.1) is 0 Å². The summed E-state index contributed by atoms with van der Waals surface area (Å²) in [6.07, 6.45) is 0.663. The maximum absolute atomic E-state index is 13.1. The fourth-order valence-electron chi connectivity index (χ4n) is 3.26. The molecule has 24 heavy (non-hydrogen) atoms. The first-order chi connectivity index (χ1) is 11.7. The Labute approximate surface area is 139 Å². The highest BCUT2D eigenvalue weighted by Crippen LogP contribution is 2.35. The highest BCUT2D eigenvalue weighted by molar-refractivity contribution is 6.04. The molecule has 3 aromatic rings. The van der Waals surface area contributed by atoms with E-state index in [-0.39, 0.29) is 5.91 Å². The molecule has 1 fully saturated rings. The van der Waals surface area contributed by atoms with Crippen LogP contribution in [0.25, 0.3) is 11.1 Å². The first-order valence-corrected chi connectivity index (χ1v) is 8.00. The summed E-state index contributed by atoms with van der Waals surface area (Å²) in [6, 6.07) is 15.3. The molecule has 5 heteroatoms. The largest absolute Gasteiger partial charge is 0.441 e. The number of benzene rings is 2. The highest BCUT2D eigenvalue weighted by Gasteiger charge is 2.44. The summed E-state index contributed by atoms with van der Waals surface area (Å²) in [7, 11) is 0. The highest BCUT2D eigenvalue weighted by atomic mass is 16.5. The van der Waals surface area contributed by atoms with Crippen molar-refractivity contribution in [1.82, 2.24) is 4.98 Å². The smallest absolute Gasteiger partial charge is 0.237 e. The normalized spacial score (nSPS) is 20.4. The van der Waals surface area contributed by atoms with Gasteiger partial charge in [-0.3, -0.25) is 4.79 Å². The van der Waals surface area contributed by atoms with Gasteiger partial charge in [-0.25, -0.2) is 4.98 Å². The molecule has 0 bridgehead atoms. The van der Waals surface area contributed by atoms with Crippen LogP contribution in [0, 0.1) is 6.92 Å². The van der Waals surface area contributed by atoms with Gasteiger partial charge >= 0.3 is 0 Å². The summed E-state index contributed by atoms with van der Waals surface area (Å²) >= 11 is 0. The number of amides is 1.